The van der Waals surface area contributed by atoms with Gasteiger partial charge in [-0.05, 0) is 31.9 Å². The number of anilines is 2. The highest BCUT2D eigenvalue weighted by molar-refractivity contribution is 5.51. The van der Waals surface area contributed by atoms with E-state index in [2.05, 4.69) is 27.2 Å². The summed E-state index contributed by atoms with van der Waals surface area (Å²) in [6.07, 6.45) is 5.32. The quantitative estimate of drug-likeness (QED) is 0.608. The molecule has 1 atom stereocenters. The second-order valence-corrected chi connectivity index (χ2v) is 6.00. The zero-order valence-electron chi connectivity index (χ0n) is 14.9. The van der Waals surface area contributed by atoms with Crippen LogP contribution in [-0.4, -0.2) is 32.7 Å². The largest absolute Gasteiger partial charge is 0.482 e. The number of hydrogen-bond donors (Lipinski definition) is 3. The Labute approximate surface area is 148 Å². The first-order chi connectivity index (χ1) is 12.1. The van der Waals surface area contributed by atoms with Crippen LogP contribution in [0.1, 0.15) is 44.0 Å². The lowest BCUT2D eigenvalue weighted by Crippen LogP contribution is -2.22. The van der Waals surface area contributed by atoms with E-state index in [1.807, 2.05) is 25.1 Å². The summed E-state index contributed by atoms with van der Waals surface area (Å²) in [5.74, 6) is 1.26. The number of pyridine rings is 1. The van der Waals surface area contributed by atoms with E-state index >= 15 is 0 Å². The lowest BCUT2D eigenvalue weighted by molar-refractivity contribution is 0.275. The van der Waals surface area contributed by atoms with Gasteiger partial charge in [-0.2, -0.15) is 4.98 Å². The van der Waals surface area contributed by atoms with Crippen molar-refractivity contribution in [3.63, 3.8) is 0 Å². The monoisotopic (exact) mass is 345 g/mol. The van der Waals surface area contributed by atoms with E-state index in [-0.39, 0.29) is 18.6 Å². The molecule has 0 saturated carbocycles. The fourth-order valence-electron chi connectivity index (χ4n) is 2.51. The second kappa shape index (κ2) is 9.78. The summed E-state index contributed by atoms with van der Waals surface area (Å²) in [5, 5.41) is 12.6. The fourth-order valence-corrected chi connectivity index (χ4v) is 2.51. The number of aromatic nitrogens is 3. The number of nitrogens with zero attached hydrogens (tertiary/aromatic N) is 3. The predicted octanol–water partition coefficient (Wildman–Crippen LogP) is 2.69. The lowest BCUT2D eigenvalue weighted by Gasteiger charge is -2.20. The molecule has 0 saturated heterocycles. The van der Waals surface area contributed by atoms with E-state index in [0.29, 0.717) is 24.6 Å². The zero-order valence-corrected chi connectivity index (χ0v) is 14.9. The smallest absolute Gasteiger partial charge is 0.222 e. The van der Waals surface area contributed by atoms with Gasteiger partial charge < -0.3 is 20.9 Å². The molecule has 2 rings (SSSR count). The van der Waals surface area contributed by atoms with E-state index in [4.69, 9.17) is 10.5 Å². The van der Waals surface area contributed by atoms with Gasteiger partial charge in [-0.15, -0.1) is 0 Å². The van der Waals surface area contributed by atoms with Crippen molar-refractivity contribution in [2.45, 2.75) is 52.2 Å². The van der Waals surface area contributed by atoms with Gasteiger partial charge in [-0.25, -0.2) is 4.98 Å². The molecule has 0 unspecified atom stereocenters. The van der Waals surface area contributed by atoms with Crippen LogP contribution in [0.3, 0.4) is 0 Å². The van der Waals surface area contributed by atoms with Gasteiger partial charge in [-0.3, -0.25) is 4.98 Å². The van der Waals surface area contributed by atoms with Crippen molar-refractivity contribution in [1.82, 2.24) is 15.0 Å². The third-order valence-corrected chi connectivity index (χ3v) is 3.82. The molecule has 0 bridgehead atoms. The Kier molecular flexibility index (Phi) is 7.40. The van der Waals surface area contributed by atoms with Crippen LogP contribution in [0.5, 0.6) is 5.75 Å². The molecule has 4 N–H and O–H groups in total. The Bertz CT molecular complexity index is 666. The third-order valence-electron chi connectivity index (χ3n) is 3.82. The number of rotatable bonds is 10. The maximum Gasteiger partial charge on any atom is 0.222 e. The normalized spacial score (nSPS) is 12.0. The van der Waals surface area contributed by atoms with Crippen LogP contribution in [0.15, 0.2) is 24.4 Å². The lowest BCUT2D eigenvalue weighted by atomic mass is 10.1. The third kappa shape index (κ3) is 6.19. The molecule has 0 aliphatic heterocycles. The van der Waals surface area contributed by atoms with Gasteiger partial charge in [0.15, 0.2) is 11.6 Å². The molecular formula is C18H27N5O2. The van der Waals surface area contributed by atoms with Crippen LogP contribution in [0, 0.1) is 6.92 Å². The summed E-state index contributed by atoms with van der Waals surface area (Å²) >= 11 is 0. The van der Waals surface area contributed by atoms with Crippen molar-refractivity contribution in [2.24, 2.45) is 0 Å². The number of nitrogens with two attached hydrogens (primary N) is 1. The molecule has 7 heteroatoms. The van der Waals surface area contributed by atoms with Gasteiger partial charge in [0.25, 0.3) is 0 Å². The molecular weight excluding hydrogens is 318 g/mol. The van der Waals surface area contributed by atoms with Crippen molar-refractivity contribution in [3.8, 4) is 5.75 Å². The minimum absolute atomic E-state index is 0.110. The number of aliphatic hydroxyl groups excluding tert-OH is 1. The van der Waals surface area contributed by atoms with Gasteiger partial charge in [0.05, 0.1) is 11.9 Å². The second-order valence-electron chi connectivity index (χ2n) is 6.00. The number of ether oxygens (including phenoxy) is 1. The number of nitrogen functional groups attached to an aromatic ring is 1. The topological polar surface area (TPSA) is 106 Å². The first-order valence-electron chi connectivity index (χ1n) is 8.67. The minimum Gasteiger partial charge on any atom is -0.482 e. The molecule has 136 valence electrons. The Hall–Kier alpha value is -2.41. The number of aryl methyl sites for hydroxylation is 1. The Morgan fingerprint density at radius 3 is 2.84 bits per heavy atom. The molecule has 2 aromatic heterocycles. The number of nitrogens with one attached hydrogen (secondary N) is 1. The van der Waals surface area contributed by atoms with Crippen LogP contribution in [-0.2, 0) is 6.61 Å². The Balaban J connectivity index is 2.09. The van der Waals surface area contributed by atoms with Gasteiger partial charge in [0.2, 0.25) is 5.95 Å². The standard InChI is InChI=1S/C18H27N5O2/c1-3-4-7-14(9-10-24)22-17-16(11-20-18(19)23-17)25-12-15-8-5-6-13(2)21-15/h5-6,8,11,14,24H,3-4,7,9-10,12H2,1-2H3,(H3,19,20,22,23)/t14-/m1/s1. The summed E-state index contributed by atoms with van der Waals surface area (Å²) in [6.45, 7) is 4.52. The summed E-state index contributed by atoms with van der Waals surface area (Å²) in [7, 11) is 0. The van der Waals surface area contributed by atoms with Crippen LogP contribution < -0.4 is 15.8 Å². The molecule has 0 radical (unpaired) electrons. The molecule has 0 amide bonds. The average molecular weight is 345 g/mol. The van der Waals surface area contributed by atoms with E-state index in [1.54, 1.807) is 6.20 Å². The van der Waals surface area contributed by atoms with Crippen LogP contribution in [0.2, 0.25) is 0 Å². The molecule has 0 spiro atoms. The first-order valence-corrected chi connectivity index (χ1v) is 8.67. The summed E-state index contributed by atoms with van der Waals surface area (Å²) in [4.78, 5) is 12.7. The summed E-state index contributed by atoms with van der Waals surface area (Å²) in [6, 6.07) is 5.91. The van der Waals surface area contributed by atoms with Crippen LogP contribution in [0.4, 0.5) is 11.8 Å². The van der Waals surface area contributed by atoms with Gasteiger partial charge in [-0.1, -0.05) is 25.8 Å². The summed E-state index contributed by atoms with van der Waals surface area (Å²) in [5.41, 5.74) is 7.50. The first kappa shape index (κ1) is 18.9. The molecule has 0 aromatic carbocycles. The van der Waals surface area contributed by atoms with E-state index in [9.17, 15) is 5.11 Å². The van der Waals surface area contributed by atoms with Crippen molar-refractivity contribution >= 4 is 11.8 Å². The zero-order chi connectivity index (χ0) is 18.1. The predicted molar refractivity (Wildman–Crippen MR) is 98.4 cm³/mol. The maximum atomic E-state index is 9.28. The fraction of sp³-hybridized carbons (Fsp3) is 0.500. The minimum atomic E-state index is 0.110. The molecule has 0 fully saturated rings. The van der Waals surface area contributed by atoms with Gasteiger partial charge in [0, 0.05) is 18.3 Å². The molecule has 7 nitrogen and oxygen atoms in total. The highest BCUT2D eigenvalue weighted by Gasteiger charge is 2.14. The van der Waals surface area contributed by atoms with Crippen molar-refractivity contribution in [3.05, 3.63) is 35.8 Å². The molecule has 2 aromatic rings. The summed E-state index contributed by atoms with van der Waals surface area (Å²) < 4.78 is 5.85. The van der Waals surface area contributed by atoms with Gasteiger partial charge in [0.1, 0.15) is 6.61 Å². The highest BCUT2D eigenvalue weighted by Crippen LogP contribution is 2.25. The van der Waals surface area contributed by atoms with Crippen LogP contribution >= 0.6 is 0 Å². The van der Waals surface area contributed by atoms with E-state index < -0.39 is 0 Å². The van der Waals surface area contributed by atoms with Crippen LogP contribution in [0.25, 0.3) is 0 Å². The Morgan fingerprint density at radius 1 is 1.28 bits per heavy atom. The van der Waals surface area contributed by atoms with Crippen molar-refractivity contribution < 1.29 is 9.84 Å². The molecule has 0 aliphatic carbocycles. The number of unbranched alkanes of at least 4 members (excludes halogenated alkanes) is 1. The van der Waals surface area contributed by atoms with Crippen molar-refractivity contribution in [2.75, 3.05) is 17.7 Å². The SMILES string of the molecule is CCCC[C@H](CCO)Nc1nc(N)ncc1OCc1cccc(C)n1. The molecule has 0 aliphatic rings. The number of hydrogen-bond acceptors (Lipinski definition) is 7. The maximum absolute atomic E-state index is 9.28. The molecule has 25 heavy (non-hydrogen) atoms. The Morgan fingerprint density at radius 2 is 2.12 bits per heavy atom. The highest BCUT2D eigenvalue weighted by atomic mass is 16.5. The van der Waals surface area contributed by atoms with E-state index in [0.717, 1.165) is 30.7 Å². The average Bonchev–Trinajstić information content (AvgIpc) is 2.59. The van der Waals surface area contributed by atoms with Gasteiger partial charge >= 0.3 is 0 Å². The van der Waals surface area contributed by atoms with Crippen molar-refractivity contribution in [1.29, 1.82) is 0 Å². The van der Waals surface area contributed by atoms with E-state index in [1.165, 1.54) is 0 Å². The molecule has 2 heterocycles. The number of aliphatic hydroxyl groups is 1.